The van der Waals surface area contributed by atoms with Crippen LogP contribution in [0.5, 0.6) is 0 Å². The van der Waals surface area contributed by atoms with Crippen LogP contribution in [-0.4, -0.2) is 60.8 Å². The molecule has 1 heterocycles. The summed E-state index contributed by atoms with van der Waals surface area (Å²) in [6, 6.07) is 0. The maximum Gasteiger partial charge on any atom is 0.155 e. The minimum atomic E-state index is -3.79. The molecule has 0 spiro atoms. The first-order valence-electron chi connectivity index (χ1n) is 3.38. The summed E-state index contributed by atoms with van der Waals surface area (Å²) in [5.41, 5.74) is 0. The lowest BCUT2D eigenvalue weighted by atomic mass is 9.94. The van der Waals surface area contributed by atoms with E-state index >= 15 is 0 Å². The van der Waals surface area contributed by atoms with E-state index in [1.54, 1.807) is 0 Å². The van der Waals surface area contributed by atoms with Gasteiger partial charge in [-0.1, -0.05) is 0 Å². The Labute approximate surface area is 71.4 Å². The van der Waals surface area contributed by atoms with Crippen LogP contribution in [0.2, 0.25) is 0 Å². The van der Waals surface area contributed by atoms with E-state index in [-0.39, 0.29) is 0 Å². The summed E-state index contributed by atoms with van der Waals surface area (Å²) in [5.74, 6) is 0. The predicted octanol–water partition coefficient (Wildman–Crippen LogP) is -3.01. The lowest BCUT2D eigenvalue weighted by molar-refractivity contribution is 0.0282. The highest BCUT2D eigenvalue weighted by Gasteiger charge is 2.50. The van der Waals surface area contributed by atoms with Gasteiger partial charge in [-0.15, -0.1) is 0 Å². The SMILES string of the molecule is [B][C@H]1[C@@H](O)C(O)[C@@H](CO)S1(=O)=O. The van der Waals surface area contributed by atoms with Gasteiger partial charge in [0.2, 0.25) is 0 Å². The Morgan fingerprint density at radius 2 is 1.75 bits per heavy atom. The van der Waals surface area contributed by atoms with Crippen LogP contribution in [0.4, 0.5) is 0 Å². The molecule has 0 amide bonds. The molecule has 0 aliphatic carbocycles. The van der Waals surface area contributed by atoms with Crippen molar-refractivity contribution in [2.75, 3.05) is 6.61 Å². The van der Waals surface area contributed by atoms with Gasteiger partial charge < -0.3 is 15.3 Å². The first-order chi connectivity index (χ1) is 5.42. The van der Waals surface area contributed by atoms with E-state index in [1.165, 1.54) is 0 Å². The molecule has 68 valence electrons. The molecule has 1 unspecified atom stereocenters. The highest BCUT2D eigenvalue weighted by molar-refractivity contribution is 7.94. The smallest absolute Gasteiger partial charge is 0.155 e. The van der Waals surface area contributed by atoms with E-state index in [0.29, 0.717) is 0 Å². The third kappa shape index (κ3) is 1.17. The van der Waals surface area contributed by atoms with Crippen molar-refractivity contribution in [1.82, 2.24) is 0 Å². The van der Waals surface area contributed by atoms with Crippen molar-refractivity contribution in [3.05, 3.63) is 0 Å². The Hall–Kier alpha value is -0.105. The van der Waals surface area contributed by atoms with Crippen molar-refractivity contribution in [2.24, 2.45) is 0 Å². The van der Waals surface area contributed by atoms with Crippen LogP contribution in [0.3, 0.4) is 0 Å². The van der Waals surface area contributed by atoms with Gasteiger partial charge in [0.25, 0.3) is 0 Å². The maximum absolute atomic E-state index is 11.1. The van der Waals surface area contributed by atoms with E-state index in [4.69, 9.17) is 23.2 Å². The standard InChI is InChI=1S/C5H9BO5S/c6-5-4(9)3(8)2(1-7)12(5,10)11/h2-5,7-9H,1H2/t2-,3?,4+,5-/m1/s1. The summed E-state index contributed by atoms with van der Waals surface area (Å²) in [6.07, 6.45) is -3.00. The van der Waals surface area contributed by atoms with Crippen LogP contribution in [0, 0.1) is 0 Å². The third-order valence-electron chi connectivity index (χ3n) is 2.05. The topological polar surface area (TPSA) is 94.8 Å². The second kappa shape index (κ2) is 2.99. The van der Waals surface area contributed by atoms with Crippen LogP contribution in [0.15, 0.2) is 0 Å². The number of hydrogen-bond acceptors (Lipinski definition) is 5. The van der Waals surface area contributed by atoms with Crippen LogP contribution in [-0.2, 0) is 9.84 Å². The summed E-state index contributed by atoms with van der Waals surface area (Å²) >= 11 is 0. The second-order valence-electron chi connectivity index (χ2n) is 2.76. The molecular formula is C5H9BO5S. The molecule has 4 atom stereocenters. The zero-order valence-electron chi connectivity index (χ0n) is 6.16. The van der Waals surface area contributed by atoms with E-state index in [2.05, 4.69) is 0 Å². The van der Waals surface area contributed by atoms with Gasteiger partial charge in [-0.25, -0.2) is 8.42 Å². The Balaban J connectivity index is 3.05. The van der Waals surface area contributed by atoms with Gasteiger partial charge in [0.05, 0.1) is 31.8 Å². The highest BCUT2D eigenvalue weighted by Crippen LogP contribution is 2.25. The molecule has 0 aromatic carbocycles. The molecule has 0 aromatic rings. The first-order valence-corrected chi connectivity index (χ1v) is 4.99. The molecule has 7 heteroatoms. The van der Waals surface area contributed by atoms with Crippen molar-refractivity contribution in [1.29, 1.82) is 0 Å². The normalized spacial score (nSPS) is 46.2. The second-order valence-corrected chi connectivity index (χ2v) is 5.08. The Morgan fingerprint density at radius 1 is 1.25 bits per heavy atom. The van der Waals surface area contributed by atoms with Crippen molar-refractivity contribution in [2.45, 2.75) is 22.6 Å². The molecule has 0 saturated carbocycles. The lowest BCUT2D eigenvalue weighted by Crippen LogP contribution is -2.34. The number of sulfone groups is 1. The summed E-state index contributed by atoms with van der Waals surface area (Å²) in [6.45, 7) is -0.728. The van der Waals surface area contributed by atoms with Crippen molar-refractivity contribution in [3.8, 4) is 0 Å². The van der Waals surface area contributed by atoms with Crippen LogP contribution < -0.4 is 0 Å². The van der Waals surface area contributed by atoms with E-state index in [0.717, 1.165) is 0 Å². The zero-order valence-corrected chi connectivity index (χ0v) is 6.98. The summed E-state index contributed by atoms with van der Waals surface area (Å²) < 4.78 is 22.3. The molecule has 12 heavy (non-hydrogen) atoms. The third-order valence-corrected chi connectivity index (χ3v) is 4.36. The predicted molar refractivity (Wildman–Crippen MR) is 41.3 cm³/mol. The average Bonchev–Trinajstić information content (AvgIpc) is 2.13. The Morgan fingerprint density at radius 3 is 1.92 bits per heavy atom. The fraction of sp³-hybridized carbons (Fsp3) is 1.00. The first kappa shape index (κ1) is 9.98. The molecule has 1 aliphatic rings. The summed E-state index contributed by atoms with van der Waals surface area (Å²) in [4.78, 5) is 0. The van der Waals surface area contributed by atoms with Gasteiger partial charge in [0, 0.05) is 0 Å². The van der Waals surface area contributed by atoms with Gasteiger partial charge in [-0.2, -0.15) is 0 Å². The van der Waals surface area contributed by atoms with Crippen molar-refractivity contribution < 1.29 is 23.7 Å². The Kier molecular flexibility index (Phi) is 2.48. The van der Waals surface area contributed by atoms with Gasteiger partial charge in [0.15, 0.2) is 9.84 Å². The van der Waals surface area contributed by atoms with E-state index in [9.17, 15) is 8.42 Å². The maximum atomic E-state index is 11.1. The molecule has 5 nitrogen and oxygen atoms in total. The Bertz CT molecular complexity index is 263. The lowest BCUT2D eigenvalue weighted by Gasteiger charge is -2.11. The summed E-state index contributed by atoms with van der Waals surface area (Å²) in [7, 11) is 1.32. The number of rotatable bonds is 1. The monoisotopic (exact) mass is 192 g/mol. The molecule has 1 fully saturated rings. The average molecular weight is 192 g/mol. The van der Waals surface area contributed by atoms with Crippen LogP contribution in [0.25, 0.3) is 0 Å². The molecule has 2 radical (unpaired) electrons. The number of aliphatic hydroxyl groups excluding tert-OH is 3. The van der Waals surface area contributed by atoms with Crippen LogP contribution in [0.1, 0.15) is 0 Å². The largest absolute Gasteiger partial charge is 0.395 e. The zero-order chi connectivity index (χ0) is 9.52. The van der Waals surface area contributed by atoms with Gasteiger partial charge in [-0.3, -0.25) is 0 Å². The highest BCUT2D eigenvalue weighted by atomic mass is 32.2. The minimum Gasteiger partial charge on any atom is -0.395 e. The van der Waals surface area contributed by atoms with Gasteiger partial charge >= 0.3 is 0 Å². The molecular weight excluding hydrogens is 183 g/mol. The molecule has 3 N–H and O–H groups in total. The fourth-order valence-electron chi connectivity index (χ4n) is 1.22. The molecule has 1 saturated heterocycles. The number of hydrogen-bond donors (Lipinski definition) is 3. The van der Waals surface area contributed by atoms with Gasteiger partial charge in [0.1, 0.15) is 5.25 Å². The van der Waals surface area contributed by atoms with Crippen molar-refractivity contribution >= 4 is 17.7 Å². The van der Waals surface area contributed by atoms with Crippen molar-refractivity contribution in [3.63, 3.8) is 0 Å². The fourth-order valence-corrected chi connectivity index (χ4v) is 2.93. The minimum absolute atomic E-state index is 0.728. The van der Waals surface area contributed by atoms with Gasteiger partial charge in [-0.05, 0) is 0 Å². The van der Waals surface area contributed by atoms with Crippen LogP contribution >= 0.6 is 0 Å². The molecule has 1 rings (SSSR count). The van der Waals surface area contributed by atoms with E-state index in [1.807, 2.05) is 0 Å². The summed E-state index contributed by atoms with van der Waals surface area (Å²) in [5, 5.41) is 23.9. The van der Waals surface area contributed by atoms with E-state index < -0.39 is 39.1 Å². The molecule has 1 aliphatic heterocycles. The quantitative estimate of drug-likeness (QED) is 0.384. The molecule has 0 bridgehead atoms. The molecule has 0 aromatic heterocycles. The number of aliphatic hydroxyl groups is 3.